The summed E-state index contributed by atoms with van der Waals surface area (Å²) in [6.45, 7) is 5.77. The van der Waals surface area contributed by atoms with Gasteiger partial charge in [-0.2, -0.15) is 11.3 Å². The number of aromatic nitrogens is 1. The molecule has 1 atom stereocenters. The molecule has 0 N–H and O–H groups in total. The Bertz CT molecular complexity index is 592. The van der Waals surface area contributed by atoms with E-state index in [0.29, 0.717) is 6.04 Å². The Hall–Kier alpha value is -1.72. The molecule has 0 spiro atoms. The van der Waals surface area contributed by atoms with Gasteiger partial charge in [-0.15, -0.1) is 0 Å². The van der Waals surface area contributed by atoms with Gasteiger partial charge in [0.1, 0.15) is 0 Å². The minimum absolute atomic E-state index is 0.118. The highest BCUT2D eigenvalue weighted by Gasteiger charge is 2.24. The van der Waals surface area contributed by atoms with Gasteiger partial charge in [-0.05, 0) is 47.9 Å². The SMILES string of the molecule is C[C@@H](Cc1ccsc1)N1CCN(C(=O)c2ccncc2)CC1. The zero-order valence-electron chi connectivity index (χ0n) is 12.8. The fraction of sp³-hybridized carbons (Fsp3) is 0.412. The minimum atomic E-state index is 0.118. The monoisotopic (exact) mass is 315 g/mol. The van der Waals surface area contributed by atoms with Crippen LogP contribution in [0.2, 0.25) is 0 Å². The number of amides is 1. The second kappa shape index (κ2) is 7.03. The van der Waals surface area contributed by atoms with Gasteiger partial charge >= 0.3 is 0 Å². The quantitative estimate of drug-likeness (QED) is 0.870. The van der Waals surface area contributed by atoms with E-state index in [1.165, 1.54) is 5.56 Å². The van der Waals surface area contributed by atoms with Crippen LogP contribution in [0.4, 0.5) is 0 Å². The number of hydrogen-bond acceptors (Lipinski definition) is 4. The molecule has 1 aliphatic heterocycles. The van der Waals surface area contributed by atoms with Crippen molar-refractivity contribution >= 4 is 17.2 Å². The summed E-state index contributed by atoms with van der Waals surface area (Å²) < 4.78 is 0. The van der Waals surface area contributed by atoms with E-state index in [1.54, 1.807) is 35.9 Å². The first kappa shape index (κ1) is 15.2. The number of carbonyl (C=O) groups is 1. The molecular weight excluding hydrogens is 294 g/mol. The van der Waals surface area contributed by atoms with Gasteiger partial charge in [-0.1, -0.05) is 0 Å². The third-order valence-corrected chi connectivity index (χ3v) is 5.00. The number of carbonyl (C=O) groups excluding carboxylic acids is 1. The normalized spacial score (nSPS) is 17.4. The number of thiophene rings is 1. The number of piperazine rings is 1. The van der Waals surface area contributed by atoms with Gasteiger partial charge in [0, 0.05) is 50.2 Å². The van der Waals surface area contributed by atoms with E-state index in [9.17, 15) is 4.79 Å². The van der Waals surface area contributed by atoms with Crippen molar-refractivity contribution in [3.8, 4) is 0 Å². The van der Waals surface area contributed by atoms with Gasteiger partial charge in [-0.25, -0.2) is 0 Å². The molecule has 22 heavy (non-hydrogen) atoms. The fourth-order valence-electron chi connectivity index (χ4n) is 2.92. The van der Waals surface area contributed by atoms with Gasteiger partial charge in [-0.3, -0.25) is 14.7 Å². The van der Waals surface area contributed by atoms with E-state index < -0.39 is 0 Å². The van der Waals surface area contributed by atoms with Crippen molar-refractivity contribution in [3.63, 3.8) is 0 Å². The molecular formula is C17H21N3OS. The molecule has 0 unspecified atom stereocenters. The van der Waals surface area contributed by atoms with Gasteiger partial charge in [0.15, 0.2) is 0 Å². The van der Waals surface area contributed by atoms with Gasteiger partial charge in [0.05, 0.1) is 0 Å². The third-order valence-electron chi connectivity index (χ3n) is 4.26. The summed E-state index contributed by atoms with van der Waals surface area (Å²) in [6, 6.07) is 6.29. The predicted octanol–water partition coefficient (Wildman–Crippen LogP) is 2.53. The topological polar surface area (TPSA) is 36.4 Å². The molecule has 2 aromatic heterocycles. The van der Waals surface area contributed by atoms with Crippen LogP contribution in [0, 0.1) is 0 Å². The Morgan fingerprint density at radius 1 is 1.23 bits per heavy atom. The Morgan fingerprint density at radius 3 is 2.59 bits per heavy atom. The first-order valence-electron chi connectivity index (χ1n) is 7.68. The molecule has 0 aromatic carbocycles. The maximum atomic E-state index is 12.4. The lowest BCUT2D eigenvalue weighted by molar-refractivity contribution is 0.0582. The van der Waals surface area contributed by atoms with E-state index in [-0.39, 0.29) is 5.91 Å². The maximum absolute atomic E-state index is 12.4. The summed E-state index contributed by atoms with van der Waals surface area (Å²) in [7, 11) is 0. The zero-order chi connectivity index (χ0) is 15.4. The van der Waals surface area contributed by atoms with Crippen molar-refractivity contribution in [1.29, 1.82) is 0 Å². The van der Waals surface area contributed by atoms with Crippen LogP contribution in [-0.4, -0.2) is 52.9 Å². The molecule has 5 heteroatoms. The molecule has 0 bridgehead atoms. The second-order valence-electron chi connectivity index (χ2n) is 5.75. The third kappa shape index (κ3) is 3.54. The average Bonchev–Trinajstić information content (AvgIpc) is 3.08. The average molecular weight is 315 g/mol. The van der Waals surface area contributed by atoms with Gasteiger partial charge in [0.25, 0.3) is 5.91 Å². The molecule has 4 nitrogen and oxygen atoms in total. The molecule has 1 fully saturated rings. The van der Waals surface area contributed by atoms with Crippen molar-refractivity contribution in [2.24, 2.45) is 0 Å². The molecule has 0 radical (unpaired) electrons. The molecule has 116 valence electrons. The maximum Gasteiger partial charge on any atom is 0.254 e. The van der Waals surface area contributed by atoms with Crippen molar-refractivity contribution in [2.45, 2.75) is 19.4 Å². The second-order valence-corrected chi connectivity index (χ2v) is 6.53. The van der Waals surface area contributed by atoms with E-state index in [2.05, 4.69) is 33.6 Å². The van der Waals surface area contributed by atoms with Crippen molar-refractivity contribution in [2.75, 3.05) is 26.2 Å². The molecule has 1 aliphatic rings. The number of hydrogen-bond donors (Lipinski definition) is 0. The van der Waals surface area contributed by atoms with E-state index in [4.69, 9.17) is 0 Å². The first-order chi connectivity index (χ1) is 10.7. The number of pyridine rings is 1. The zero-order valence-corrected chi connectivity index (χ0v) is 13.6. The largest absolute Gasteiger partial charge is 0.336 e. The fourth-order valence-corrected chi connectivity index (χ4v) is 3.60. The van der Waals surface area contributed by atoms with Gasteiger partial charge in [0.2, 0.25) is 0 Å². The van der Waals surface area contributed by atoms with Crippen LogP contribution in [-0.2, 0) is 6.42 Å². The Balaban J connectivity index is 1.53. The van der Waals surface area contributed by atoms with E-state index in [1.807, 2.05) is 4.90 Å². The van der Waals surface area contributed by atoms with Crippen LogP contribution in [0.25, 0.3) is 0 Å². The highest BCUT2D eigenvalue weighted by Crippen LogP contribution is 2.15. The van der Waals surface area contributed by atoms with Crippen LogP contribution >= 0.6 is 11.3 Å². The van der Waals surface area contributed by atoms with E-state index in [0.717, 1.165) is 38.2 Å². The van der Waals surface area contributed by atoms with E-state index >= 15 is 0 Å². The summed E-state index contributed by atoms with van der Waals surface area (Å²) >= 11 is 1.75. The number of rotatable bonds is 4. The van der Waals surface area contributed by atoms with Crippen LogP contribution in [0.1, 0.15) is 22.8 Å². The van der Waals surface area contributed by atoms with Crippen molar-refractivity contribution < 1.29 is 4.79 Å². The summed E-state index contributed by atoms with van der Waals surface area (Å²) in [5.41, 5.74) is 2.14. The van der Waals surface area contributed by atoms with Gasteiger partial charge < -0.3 is 4.90 Å². The standard InChI is InChI=1S/C17H21N3OS/c1-14(12-15-4-11-22-13-15)19-7-9-20(10-8-19)17(21)16-2-5-18-6-3-16/h2-6,11,13-14H,7-10,12H2,1H3/t14-/m0/s1. The lowest BCUT2D eigenvalue weighted by Gasteiger charge is -2.38. The predicted molar refractivity (Wildman–Crippen MR) is 89.2 cm³/mol. The Labute approximate surface area is 135 Å². The summed E-state index contributed by atoms with van der Waals surface area (Å²) in [4.78, 5) is 20.8. The molecule has 2 aromatic rings. The van der Waals surface area contributed by atoms with Crippen LogP contribution < -0.4 is 0 Å². The first-order valence-corrected chi connectivity index (χ1v) is 8.63. The molecule has 1 amide bonds. The van der Waals surface area contributed by atoms with Crippen LogP contribution in [0.3, 0.4) is 0 Å². The van der Waals surface area contributed by atoms with Crippen molar-refractivity contribution in [1.82, 2.24) is 14.8 Å². The molecule has 1 saturated heterocycles. The molecule has 0 saturated carbocycles. The highest BCUT2D eigenvalue weighted by molar-refractivity contribution is 7.07. The minimum Gasteiger partial charge on any atom is -0.336 e. The lowest BCUT2D eigenvalue weighted by Crippen LogP contribution is -2.51. The Morgan fingerprint density at radius 2 is 1.95 bits per heavy atom. The van der Waals surface area contributed by atoms with Crippen LogP contribution in [0.15, 0.2) is 41.4 Å². The van der Waals surface area contributed by atoms with Crippen LogP contribution in [0.5, 0.6) is 0 Å². The molecule has 3 rings (SSSR count). The molecule has 0 aliphatic carbocycles. The number of nitrogens with zero attached hydrogens (tertiary/aromatic N) is 3. The summed E-state index contributed by atoms with van der Waals surface area (Å²) in [6.07, 6.45) is 4.43. The smallest absolute Gasteiger partial charge is 0.254 e. The summed E-state index contributed by atoms with van der Waals surface area (Å²) in [5.74, 6) is 0.118. The van der Waals surface area contributed by atoms with Crippen molar-refractivity contribution in [3.05, 3.63) is 52.5 Å². The Kier molecular flexibility index (Phi) is 4.85. The lowest BCUT2D eigenvalue weighted by atomic mass is 10.1. The molecule has 3 heterocycles. The highest BCUT2D eigenvalue weighted by atomic mass is 32.1. The summed E-state index contributed by atoms with van der Waals surface area (Å²) in [5, 5.41) is 4.35.